The lowest BCUT2D eigenvalue weighted by Crippen LogP contribution is -2.54. The van der Waals surface area contributed by atoms with E-state index in [0.717, 1.165) is 26.7 Å². The number of amides is 1. The van der Waals surface area contributed by atoms with Crippen LogP contribution in [-0.2, 0) is 28.2 Å². The van der Waals surface area contributed by atoms with Crippen molar-refractivity contribution in [2.75, 3.05) is 25.5 Å². The summed E-state index contributed by atoms with van der Waals surface area (Å²) in [7, 11) is 0. The van der Waals surface area contributed by atoms with Crippen LogP contribution in [-0.4, -0.2) is 48.0 Å². The van der Waals surface area contributed by atoms with Crippen molar-refractivity contribution in [3.8, 4) is 5.75 Å². The van der Waals surface area contributed by atoms with Crippen LogP contribution in [0.3, 0.4) is 0 Å². The van der Waals surface area contributed by atoms with Crippen LogP contribution in [0.2, 0.25) is 0 Å². The summed E-state index contributed by atoms with van der Waals surface area (Å²) in [6, 6.07) is 28.7. The minimum atomic E-state index is -1.48. The van der Waals surface area contributed by atoms with Gasteiger partial charge in [0.25, 0.3) is 5.91 Å². The Bertz CT molecular complexity index is 1790. The Kier molecular flexibility index (Phi) is 13.1. The van der Waals surface area contributed by atoms with E-state index >= 15 is 0 Å². The largest absolute Gasteiger partial charge is 0.494 e. The van der Waals surface area contributed by atoms with Gasteiger partial charge in [0, 0.05) is 58.0 Å². The van der Waals surface area contributed by atoms with Crippen molar-refractivity contribution in [2.45, 2.75) is 36.8 Å². The SMILES string of the molecule is [N-]=[N+]=NCc1ccccc1C[C@]1(C(=O)NNCCSCc2ccc(F)cc2)N=C(c2ccc(OCCCO)cc2)O[C@H]1c1ccccc1Br. The van der Waals surface area contributed by atoms with Crippen molar-refractivity contribution in [1.82, 2.24) is 10.9 Å². The Hall–Kier alpha value is -4.39. The van der Waals surface area contributed by atoms with Gasteiger partial charge in [0.2, 0.25) is 5.90 Å². The number of carbonyl (C=O) groups is 1. The number of benzene rings is 4. The van der Waals surface area contributed by atoms with E-state index in [1.807, 2.05) is 60.7 Å². The highest BCUT2D eigenvalue weighted by atomic mass is 79.9. The van der Waals surface area contributed by atoms with E-state index in [-0.39, 0.29) is 25.4 Å². The zero-order valence-electron chi connectivity index (χ0n) is 26.6. The van der Waals surface area contributed by atoms with E-state index in [9.17, 15) is 9.18 Å². The number of nitrogens with one attached hydrogen (secondary N) is 2. The number of thioether (sulfide) groups is 1. The number of rotatable bonds is 17. The average Bonchev–Trinajstić information content (AvgIpc) is 3.50. The Labute approximate surface area is 296 Å². The van der Waals surface area contributed by atoms with Gasteiger partial charge in [-0.15, -0.1) is 0 Å². The number of nitrogens with zero attached hydrogens (tertiary/aromatic N) is 4. The molecule has 1 heterocycles. The van der Waals surface area contributed by atoms with Gasteiger partial charge in [0.1, 0.15) is 11.6 Å². The minimum Gasteiger partial charge on any atom is -0.494 e. The molecule has 49 heavy (non-hydrogen) atoms. The second-order valence-corrected chi connectivity index (χ2v) is 13.2. The standard InChI is InChI=1S/C36H36BrFN6O4S/c37-32-9-4-3-8-31(32)33-36(22-27-6-1-2-7-28(27)23-41-44-39,35(46)43-40-18-21-49-24-25-10-14-29(38)15-11-25)42-34(48-33)26-12-16-30(17-13-26)47-20-5-19-45/h1-4,6-17,33,40,45H,5,18-24H2,(H,43,46)/t33-,36-/m0/s1. The maximum absolute atomic E-state index is 14.5. The monoisotopic (exact) mass is 746 g/mol. The summed E-state index contributed by atoms with van der Waals surface area (Å²) in [6.45, 7) is 1.01. The minimum absolute atomic E-state index is 0.0407. The second-order valence-electron chi connectivity index (χ2n) is 11.2. The molecule has 5 rings (SSSR count). The Morgan fingerprint density at radius 3 is 2.53 bits per heavy atom. The first-order chi connectivity index (χ1) is 23.9. The summed E-state index contributed by atoms with van der Waals surface area (Å²) >= 11 is 5.32. The molecular weight excluding hydrogens is 711 g/mol. The molecule has 1 aliphatic heterocycles. The summed E-state index contributed by atoms with van der Waals surface area (Å²) in [4.78, 5) is 22.5. The molecule has 0 spiro atoms. The van der Waals surface area contributed by atoms with Crippen LogP contribution in [0.25, 0.3) is 10.4 Å². The molecule has 13 heteroatoms. The van der Waals surface area contributed by atoms with Crippen molar-refractivity contribution in [1.29, 1.82) is 0 Å². The fourth-order valence-corrected chi connectivity index (χ4v) is 6.69. The van der Waals surface area contributed by atoms with E-state index in [0.29, 0.717) is 48.3 Å². The molecule has 0 radical (unpaired) electrons. The number of aliphatic hydroxyl groups excluding tert-OH is 1. The third kappa shape index (κ3) is 9.40. The predicted octanol–water partition coefficient (Wildman–Crippen LogP) is 7.21. The summed E-state index contributed by atoms with van der Waals surface area (Å²) in [5.41, 5.74) is 17.5. The fourth-order valence-electron chi connectivity index (χ4n) is 5.37. The molecule has 3 N–H and O–H groups in total. The third-order valence-electron chi connectivity index (χ3n) is 7.86. The summed E-state index contributed by atoms with van der Waals surface area (Å²) in [6.07, 6.45) is -0.166. The normalized spacial score (nSPS) is 16.7. The van der Waals surface area contributed by atoms with Crippen LogP contribution < -0.4 is 15.6 Å². The lowest BCUT2D eigenvalue weighted by atomic mass is 9.81. The van der Waals surface area contributed by atoms with Crippen LogP contribution >= 0.6 is 27.7 Å². The number of carbonyl (C=O) groups excluding carboxylic acids is 1. The number of hydrazine groups is 1. The van der Waals surface area contributed by atoms with Gasteiger partial charge in [0.05, 0.1) is 13.2 Å². The van der Waals surface area contributed by atoms with Gasteiger partial charge in [-0.2, -0.15) is 11.8 Å². The highest BCUT2D eigenvalue weighted by Gasteiger charge is 2.54. The number of aliphatic hydroxyl groups is 1. The van der Waals surface area contributed by atoms with Crippen LogP contribution in [0.4, 0.5) is 4.39 Å². The quantitative estimate of drug-likeness (QED) is 0.0343. The van der Waals surface area contributed by atoms with Gasteiger partial charge in [0.15, 0.2) is 11.6 Å². The Morgan fingerprint density at radius 2 is 1.80 bits per heavy atom. The fraction of sp³-hybridized carbons (Fsp3) is 0.278. The predicted molar refractivity (Wildman–Crippen MR) is 193 cm³/mol. The van der Waals surface area contributed by atoms with Crippen molar-refractivity contribution in [2.24, 2.45) is 10.1 Å². The Morgan fingerprint density at radius 1 is 1.06 bits per heavy atom. The summed E-state index contributed by atoms with van der Waals surface area (Å²) < 4.78 is 26.4. The first-order valence-corrected chi connectivity index (χ1v) is 17.7. The third-order valence-corrected chi connectivity index (χ3v) is 9.61. The van der Waals surface area contributed by atoms with Crippen LogP contribution in [0.1, 0.15) is 40.3 Å². The van der Waals surface area contributed by atoms with Crippen molar-refractivity contribution >= 4 is 39.5 Å². The highest BCUT2D eigenvalue weighted by molar-refractivity contribution is 9.10. The lowest BCUT2D eigenvalue weighted by Gasteiger charge is -2.32. The molecule has 1 aliphatic rings. The van der Waals surface area contributed by atoms with Crippen molar-refractivity contribution in [3.63, 3.8) is 0 Å². The highest BCUT2D eigenvalue weighted by Crippen LogP contribution is 2.45. The number of ether oxygens (including phenoxy) is 2. The molecule has 0 fully saturated rings. The maximum atomic E-state index is 14.5. The van der Waals surface area contributed by atoms with Gasteiger partial charge in [-0.1, -0.05) is 75.6 Å². The van der Waals surface area contributed by atoms with Crippen molar-refractivity contribution < 1.29 is 23.8 Å². The van der Waals surface area contributed by atoms with E-state index in [4.69, 9.17) is 25.1 Å². The van der Waals surface area contributed by atoms with Gasteiger partial charge in [-0.25, -0.2) is 14.8 Å². The smallest absolute Gasteiger partial charge is 0.266 e. The van der Waals surface area contributed by atoms with Crippen LogP contribution in [0.5, 0.6) is 5.75 Å². The first-order valence-electron chi connectivity index (χ1n) is 15.7. The van der Waals surface area contributed by atoms with Crippen molar-refractivity contribution in [3.05, 3.63) is 146 Å². The molecule has 1 amide bonds. The topological polar surface area (TPSA) is 141 Å². The second kappa shape index (κ2) is 17.8. The molecule has 0 aliphatic carbocycles. The maximum Gasteiger partial charge on any atom is 0.266 e. The average molecular weight is 748 g/mol. The summed E-state index contributed by atoms with van der Waals surface area (Å²) in [5.74, 6) is 1.66. The van der Waals surface area contributed by atoms with Gasteiger partial charge < -0.3 is 14.6 Å². The van der Waals surface area contributed by atoms with Gasteiger partial charge in [-0.3, -0.25) is 10.2 Å². The summed E-state index contributed by atoms with van der Waals surface area (Å²) in [5, 5.41) is 12.9. The molecule has 0 saturated heterocycles. The molecule has 254 valence electrons. The number of hydrogen-bond acceptors (Lipinski definition) is 8. The molecule has 2 atom stereocenters. The van der Waals surface area contributed by atoms with E-state index in [1.54, 1.807) is 36.0 Å². The molecular formula is C36H36BrFN6O4S. The van der Waals surface area contributed by atoms with E-state index in [2.05, 4.69) is 36.8 Å². The zero-order valence-corrected chi connectivity index (χ0v) is 29.0. The van der Waals surface area contributed by atoms with Crippen LogP contribution in [0.15, 0.2) is 112 Å². The number of hydrogen-bond donors (Lipinski definition) is 3. The van der Waals surface area contributed by atoms with Gasteiger partial charge in [-0.05, 0) is 64.7 Å². The lowest BCUT2D eigenvalue weighted by molar-refractivity contribution is -0.130. The van der Waals surface area contributed by atoms with E-state index < -0.39 is 17.6 Å². The van der Waals surface area contributed by atoms with Gasteiger partial charge >= 0.3 is 0 Å². The molecule has 4 aromatic carbocycles. The number of halogens is 2. The first kappa shape index (κ1) is 35.9. The molecule has 0 bridgehead atoms. The van der Waals surface area contributed by atoms with Crippen LogP contribution in [0, 0.1) is 5.82 Å². The molecule has 0 unspecified atom stereocenters. The molecule has 0 aromatic heterocycles. The molecule has 4 aromatic rings. The molecule has 0 saturated carbocycles. The number of aliphatic imine (C=N–C) groups is 1. The number of azide groups is 1. The van der Waals surface area contributed by atoms with E-state index in [1.165, 1.54) is 12.1 Å². The Balaban J connectivity index is 1.45. The zero-order chi connectivity index (χ0) is 34.5. The molecule has 10 nitrogen and oxygen atoms in total.